The maximum atomic E-state index is 4.88. The summed E-state index contributed by atoms with van der Waals surface area (Å²) in [5.41, 5.74) is 5.15. The minimum absolute atomic E-state index is 0.536. The van der Waals surface area contributed by atoms with Gasteiger partial charge in [-0.3, -0.25) is 4.98 Å². The molecule has 20 heavy (non-hydrogen) atoms. The van der Waals surface area contributed by atoms with Gasteiger partial charge in [-0.05, 0) is 98.5 Å². The molecule has 0 aromatic carbocycles. The molecule has 0 radical (unpaired) electrons. The first-order chi connectivity index (χ1) is 9.81. The van der Waals surface area contributed by atoms with Crippen molar-refractivity contribution in [3.63, 3.8) is 0 Å². The Hall–Kier alpha value is -0.850. The minimum atomic E-state index is 0.536. The lowest BCUT2D eigenvalue weighted by Crippen LogP contribution is -2.48. The zero-order chi connectivity index (χ0) is 13.2. The Morgan fingerprint density at radius 3 is 2.25 bits per heavy atom. The average molecular weight is 267 g/mol. The van der Waals surface area contributed by atoms with Crippen LogP contribution in [-0.2, 0) is 18.3 Å². The fourth-order valence-corrected chi connectivity index (χ4v) is 6.34. The Labute approximate surface area is 122 Å². The number of rotatable bonds is 1. The molecule has 106 valence electrons. The molecule has 0 unspecified atom stereocenters. The van der Waals surface area contributed by atoms with Gasteiger partial charge in [0.1, 0.15) is 0 Å². The molecule has 6 rings (SSSR count). The van der Waals surface area contributed by atoms with E-state index in [-0.39, 0.29) is 0 Å². The van der Waals surface area contributed by atoms with E-state index in [1.54, 1.807) is 11.1 Å². The number of nitrogens with zero attached hydrogens (tertiary/aromatic N) is 1. The van der Waals surface area contributed by atoms with E-state index in [0.717, 1.165) is 17.8 Å². The van der Waals surface area contributed by atoms with Crippen LogP contribution in [0.5, 0.6) is 0 Å². The number of hydrogen-bond donors (Lipinski definition) is 0. The molecule has 0 saturated heterocycles. The summed E-state index contributed by atoms with van der Waals surface area (Å²) < 4.78 is 0. The Bertz CT molecular complexity index is 509. The van der Waals surface area contributed by atoms with Crippen LogP contribution in [0, 0.1) is 17.8 Å². The van der Waals surface area contributed by atoms with Crippen LogP contribution < -0.4 is 0 Å². The second-order valence-corrected chi connectivity index (χ2v) is 8.23. The van der Waals surface area contributed by atoms with Gasteiger partial charge in [0.25, 0.3) is 0 Å². The normalized spacial score (nSPS) is 41.7. The first kappa shape index (κ1) is 11.8. The molecule has 4 saturated carbocycles. The quantitative estimate of drug-likeness (QED) is 0.733. The van der Waals surface area contributed by atoms with Gasteiger partial charge in [0.15, 0.2) is 0 Å². The highest BCUT2D eigenvalue weighted by Crippen LogP contribution is 2.60. The van der Waals surface area contributed by atoms with Gasteiger partial charge in [-0.25, -0.2) is 0 Å². The predicted molar refractivity (Wildman–Crippen MR) is 80.7 cm³/mol. The molecular weight excluding hydrogens is 242 g/mol. The number of aryl methyl sites for hydroxylation is 2. The second-order valence-electron chi connectivity index (χ2n) is 8.23. The highest BCUT2D eigenvalue weighted by Gasteiger charge is 2.51. The molecule has 4 fully saturated rings. The number of pyridine rings is 1. The van der Waals surface area contributed by atoms with Crippen LogP contribution in [0.2, 0.25) is 0 Å². The van der Waals surface area contributed by atoms with Crippen molar-refractivity contribution in [2.24, 2.45) is 17.8 Å². The summed E-state index contributed by atoms with van der Waals surface area (Å²) in [5, 5.41) is 0. The predicted octanol–water partition coefficient (Wildman–Crippen LogP) is 4.43. The Morgan fingerprint density at radius 1 is 0.900 bits per heavy atom. The molecule has 1 aromatic rings. The largest absolute Gasteiger partial charge is 0.261 e. The molecule has 0 atom stereocenters. The zero-order valence-electron chi connectivity index (χ0n) is 12.4. The second kappa shape index (κ2) is 4.08. The van der Waals surface area contributed by atoms with E-state index in [2.05, 4.69) is 12.3 Å². The van der Waals surface area contributed by atoms with Crippen molar-refractivity contribution < 1.29 is 0 Å². The third kappa shape index (κ3) is 1.64. The van der Waals surface area contributed by atoms with Crippen molar-refractivity contribution in [3.8, 4) is 0 Å². The van der Waals surface area contributed by atoms with Crippen LogP contribution in [0.4, 0.5) is 0 Å². The first-order valence-electron chi connectivity index (χ1n) is 8.79. The van der Waals surface area contributed by atoms with Crippen molar-refractivity contribution in [3.05, 3.63) is 29.1 Å². The van der Waals surface area contributed by atoms with Gasteiger partial charge in [0.05, 0.1) is 0 Å². The number of hydrogen-bond acceptors (Lipinski definition) is 1. The van der Waals surface area contributed by atoms with Gasteiger partial charge in [-0.2, -0.15) is 0 Å². The van der Waals surface area contributed by atoms with Crippen molar-refractivity contribution in [1.29, 1.82) is 0 Å². The maximum Gasteiger partial charge on any atom is 0.0435 e. The number of fused-ring (bicyclic) bond motifs is 1. The van der Waals surface area contributed by atoms with E-state index in [1.807, 2.05) is 0 Å². The Balaban J connectivity index is 1.56. The van der Waals surface area contributed by atoms with Crippen LogP contribution in [-0.4, -0.2) is 4.98 Å². The molecule has 0 amide bonds. The van der Waals surface area contributed by atoms with E-state index in [0.29, 0.717) is 5.41 Å². The summed E-state index contributed by atoms with van der Waals surface area (Å²) >= 11 is 0. The molecule has 4 bridgehead atoms. The van der Waals surface area contributed by atoms with Gasteiger partial charge < -0.3 is 0 Å². The zero-order valence-corrected chi connectivity index (χ0v) is 12.4. The molecule has 0 aliphatic heterocycles. The molecule has 1 nitrogen and oxygen atoms in total. The summed E-state index contributed by atoms with van der Waals surface area (Å²) in [5.74, 6) is 3.12. The summed E-state index contributed by atoms with van der Waals surface area (Å²) in [7, 11) is 0. The van der Waals surface area contributed by atoms with Crippen LogP contribution in [0.15, 0.2) is 12.3 Å². The van der Waals surface area contributed by atoms with Gasteiger partial charge in [-0.15, -0.1) is 0 Å². The summed E-state index contributed by atoms with van der Waals surface area (Å²) in [6.07, 6.45) is 16.5. The van der Waals surface area contributed by atoms with Crippen molar-refractivity contribution >= 4 is 0 Å². The lowest BCUT2D eigenvalue weighted by Gasteiger charge is -2.57. The monoisotopic (exact) mass is 267 g/mol. The summed E-state index contributed by atoms with van der Waals surface area (Å²) in [6, 6.07) is 2.58. The van der Waals surface area contributed by atoms with Crippen molar-refractivity contribution in [2.75, 3.05) is 0 Å². The fraction of sp³-hybridized carbons (Fsp3) is 0.737. The molecule has 5 aliphatic rings. The minimum Gasteiger partial charge on any atom is -0.261 e. The van der Waals surface area contributed by atoms with Crippen molar-refractivity contribution in [2.45, 2.75) is 69.6 Å². The molecule has 0 N–H and O–H groups in total. The Kier molecular flexibility index (Phi) is 2.40. The van der Waals surface area contributed by atoms with Crippen LogP contribution in [0.1, 0.15) is 68.2 Å². The average Bonchev–Trinajstić information content (AvgIpc) is 2.45. The van der Waals surface area contributed by atoms with Crippen LogP contribution in [0.25, 0.3) is 0 Å². The first-order valence-corrected chi connectivity index (χ1v) is 8.79. The molecule has 1 heteroatoms. The topological polar surface area (TPSA) is 12.9 Å². The molecule has 1 aromatic heterocycles. The van der Waals surface area contributed by atoms with E-state index < -0.39 is 0 Å². The van der Waals surface area contributed by atoms with E-state index in [1.165, 1.54) is 69.9 Å². The molecule has 0 spiro atoms. The van der Waals surface area contributed by atoms with Gasteiger partial charge >= 0.3 is 0 Å². The highest BCUT2D eigenvalue weighted by molar-refractivity contribution is 5.34. The Morgan fingerprint density at radius 2 is 1.55 bits per heavy atom. The third-order valence-electron chi connectivity index (χ3n) is 6.82. The summed E-state index contributed by atoms with van der Waals surface area (Å²) in [4.78, 5) is 4.88. The molecule has 1 heterocycles. The third-order valence-corrected chi connectivity index (χ3v) is 6.82. The van der Waals surface area contributed by atoms with Crippen LogP contribution in [0.3, 0.4) is 0 Å². The smallest absolute Gasteiger partial charge is 0.0435 e. The summed E-state index contributed by atoms with van der Waals surface area (Å²) in [6.45, 7) is 0. The van der Waals surface area contributed by atoms with E-state index in [4.69, 9.17) is 4.98 Å². The number of aromatic nitrogens is 1. The van der Waals surface area contributed by atoms with Crippen LogP contribution >= 0.6 is 0 Å². The molecule has 5 aliphatic carbocycles. The standard InChI is InChI=1S/C19H25N/c1-2-4-18-16(3-1)8-17(12-20-18)19-9-13-5-14(10-19)7-15(6-13)11-19/h8,12-15H,1-7,9-11H2. The lowest BCUT2D eigenvalue weighted by atomic mass is 9.48. The van der Waals surface area contributed by atoms with E-state index >= 15 is 0 Å². The SMILES string of the molecule is c1nc2c(cc1C13CC4CC(CC(C4)C1)C3)CCCC2. The highest BCUT2D eigenvalue weighted by atomic mass is 14.7. The lowest BCUT2D eigenvalue weighted by molar-refractivity contribution is -0.00539. The molecular formula is C19H25N. The van der Waals surface area contributed by atoms with Crippen molar-refractivity contribution in [1.82, 2.24) is 4.98 Å². The van der Waals surface area contributed by atoms with Gasteiger partial charge in [0, 0.05) is 11.9 Å². The van der Waals surface area contributed by atoms with Gasteiger partial charge in [0.2, 0.25) is 0 Å². The van der Waals surface area contributed by atoms with E-state index in [9.17, 15) is 0 Å². The fourth-order valence-electron chi connectivity index (χ4n) is 6.34. The maximum absolute atomic E-state index is 4.88. The van der Waals surface area contributed by atoms with Gasteiger partial charge in [-0.1, -0.05) is 6.07 Å².